The number of aliphatic hydroxyl groups is 2. The molecule has 8 nitrogen and oxygen atoms in total. The Morgan fingerprint density at radius 3 is 2.46 bits per heavy atom. The van der Waals surface area contributed by atoms with Crippen molar-refractivity contribution < 1.29 is 35.0 Å². The summed E-state index contributed by atoms with van der Waals surface area (Å²) in [6.07, 6.45) is 5.51. The van der Waals surface area contributed by atoms with Gasteiger partial charge < -0.3 is 25.4 Å². The Kier molecular flexibility index (Phi) is 10.2. The van der Waals surface area contributed by atoms with E-state index in [4.69, 9.17) is 0 Å². The van der Waals surface area contributed by atoms with Gasteiger partial charge in [-0.2, -0.15) is 0 Å². The maximum atomic E-state index is 13.8. The molecule has 9 heteroatoms. The zero-order valence-corrected chi connectivity index (χ0v) is 23.7. The summed E-state index contributed by atoms with van der Waals surface area (Å²) >= 11 is 0. The molecule has 0 saturated carbocycles. The fraction of sp³-hybridized carbons (Fsp3) is 0.438. The topological polar surface area (TPSA) is 139 Å². The van der Waals surface area contributed by atoms with Gasteiger partial charge in [-0.3, -0.25) is 14.5 Å². The lowest BCUT2D eigenvalue weighted by molar-refractivity contribution is -0.123. The highest BCUT2D eigenvalue weighted by atomic mass is 16.4. The number of rotatable bonds is 12. The third-order valence-electron chi connectivity index (χ3n) is 8.32. The number of para-hydroxylation sites is 1. The van der Waals surface area contributed by atoms with Gasteiger partial charge in [0.15, 0.2) is 0 Å². The van der Waals surface area contributed by atoms with Crippen LogP contribution in [0.2, 0.25) is 0 Å². The molecule has 4 rings (SSSR count). The number of carbonyl (C=O) groups excluding carboxylic acids is 2. The molecule has 5 N–H and O–H groups in total. The number of imide groups is 1. The molecule has 1 heterocycles. The maximum absolute atomic E-state index is 13.8. The Hall–Kier alpha value is -3.24. The molecule has 1 saturated heterocycles. The summed E-state index contributed by atoms with van der Waals surface area (Å²) in [7, 11) is -1.74. The first-order valence-electron chi connectivity index (χ1n) is 14.5. The van der Waals surface area contributed by atoms with Crippen LogP contribution in [0, 0.1) is 17.8 Å². The fourth-order valence-electron chi connectivity index (χ4n) is 6.47. The number of hydrogen-bond acceptors (Lipinski definition) is 7. The predicted molar refractivity (Wildman–Crippen MR) is 159 cm³/mol. The van der Waals surface area contributed by atoms with E-state index in [0.717, 1.165) is 40.9 Å². The summed E-state index contributed by atoms with van der Waals surface area (Å²) in [5, 5.41) is 51.6. The van der Waals surface area contributed by atoms with Crippen LogP contribution in [-0.4, -0.2) is 57.0 Å². The van der Waals surface area contributed by atoms with Crippen LogP contribution in [0.3, 0.4) is 0 Å². The maximum Gasteiger partial charge on any atom is 0.488 e. The first-order valence-corrected chi connectivity index (χ1v) is 14.5. The van der Waals surface area contributed by atoms with Gasteiger partial charge in [-0.25, -0.2) is 0 Å². The van der Waals surface area contributed by atoms with Crippen molar-refractivity contribution in [2.24, 2.45) is 17.8 Å². The van der Waals surface area contributed by atoms with E-state index >= 15 is 0 Å². The molecule has 0 bridgehead atoms. The number of benzene rings is 2. The van der Waals surface area contributed by atoms with E-state index in [-0.39, 0.29) is 29.4 Å². The van der Waals surface area contributed by atoms with Crippen molar-refractivity contribution in [3.63, 3.8) is 0 Å². The number of anilines is 1. The Labute approximate surface area is 241 Å². The van der Waals surface area contributed by atoms with Crippen LogP contribution in [0.25, 0.3) is 6.08 Å². The molecule has 0 spiro atoms. The zero-order chi connectivity index (χ0) is 29.7. The number of phenolic OH excluding ortho intramolecular Hbond substituents is 1. The van der Waals surface area contributed by atoms with Crippen LogP contribution in [0.5, 0.6) is 5.75 Å². The standard InChI is InChI=1S/C32H40BNO7/c1-3-8-20(16-21-10-5-6-13-27(21)36)14-15-28(37)29-22(9-4-2)17-25-30(26(29)19-35)32(39)34(31(25)38)24-12-7-11-23(18-24)33(40)41/h5-7,10-13,16,18,25-26,28,30,35-37,40-41H,3-4,8-9,14-15,17,19H2,1-2H3/b20-16+/t25-,26+,28-,30-/m1/s1. The van der Waals surface area contributed by atoms with Crippen molar-refractivity contribution >= 4 is 36.2 Å². The minimum absolute atomic E-state index is 0.164. The number of hydrogen-bond donors (Lipinski definition) is 5. The summed E-state index contributed by atoms with van der Waals surface area (Å²) in [6.45, 7) is 3.72. The molecule has 2 amide bonds. The molecule has 2 aromatic rings. The van der Waals surface area contributed by atoms with Gasteiger partial charge >= 0.3 is 7.12 Å². The van der Waals surface area contributed by atoms with E-state index < -0.39 is 36.9 Å². The van der Waals surface area contributed by atoms with Gasteiger partial charge in [-0.1, -0.05) is 74.2 Å². The average molecular weight is 561 g/mol. The predicted octanol–water partition coefficient (Wildman–Crippen LogP) is 3.31. The Bertz CT molecular complexity index is 1320. The molecule has 0 radical (unpaired) electrons. The Morgan fingerprint density at radius 2 is 1.80 bits per heavy atom. The first-order chi connectivity index (χ1) is 19.7. The largest absolute Gasteiger partial charge is 0.507 e. The van der Waals surface area contributed by atoms with Crippen LogP contribution >= 0.6 is 0 Å². The lowest BCUT2D eigenvalue weighted by atomic mass is 9.67. The average Bonchev–Trinajstić information content (AvgIpc) is 3.21. The highest BCUT2D eigenvalue weighted by molar-refractivity contribution is 6.58. The molecular formula is C32H40BNO7. The van der Waals surface area contributed by atoms with Crippen molar-refractivity contribution in [3.05, 3.63) is 70.8 Å². The highest BCUT2D eigenvalue weighted by Crippen LogP contribution is 2.48. The molecule has 41 heavy (non-hydrogen) atoms. The fourth-order valence-corrected chi connectivity index (χ4v) is 6.47. The van der Waals surface area contributed by atoms with Crippen molar-refractivity contribution in [2.75, 3.05) is 11.5 Å². The number of fused-ring (bicyclic) bond motifs is 1. The SMILES string of the molecule is CCCC1=C([C@H](O)CC/C(=C/c2ccccc2O)CCC)[C@H](CO)[C@@H]2C(=O)N(c3cccc(B(O)O)c3)C(=O)[C@@H]2C1. The number of aliphatic hydroxyl groups excluding tert-OH is 2. The molecule has 1 fully saturated rings. The number of amides is 2. The van der Waals surface area contributed by atoms with Crippen LogP contribution in [0.4, 0.5) is 5.69 Å². The highest BCUT2D eigenvalue weighted by Gasteiger charge is 2.55. The lowest BCUT2D eigenvalue weighted by Gasteiger charge is -2.36. The van der Waals surface area contributed by atoms with Crippen molar-refractivity contribution in [3.8, 4) is 5.75 Å². The molecule has 0 unspecified atom stereocenters. The molecule has 0 aromatic heterocycles. The second kappa shape index (κ2) is 13.6. The number of nitrogens with zero attached hydrogens (tertiary/aromatic N) is 1. The van der Waals surface area contributed by atoms with Crippen LogP contribution in [0.15, 0.2) is 65.3 Å². The van der Waals surface area contributed by atoms with Gasteiger partial charge in [0, 0.05) is 11.5 Å². The first kappa shape index (κ1) is 30.7. The quantitative estimate of drug-likeness (QED) is 0.152. The van der Waals surface area contributed by atoms with Gasteiger partial charge in [0.25, 0.3) is 0 Å². The van der Waals surface area contributed by atoms with Gasteiger partial charge in [-0.05, 0) is 61.3 Å². The second-order valence-corrected chi connectivity index (χ2v) is 11.1. The van der Waals surface area contributed by atoms with E-state index in [9.17, 15) is 35.0 Å². The molecule has 2 aromatic carbocycles. The van der Waals surface area contributed by atoms with Crippen molar-refractivity contribution in [2.45, 2.75) is 64.9 Å². The normalized spacial score (nSPS) is 21.9. The smallest absolute Gasteiger partial charge is 0.488 e. The molecular weight excluding hydrogens is 521 g/mol. The number of carbonyl (C=O) groups is 2. The third-order valence-corrected chi connectivity index (χ3v) is 8.32. The van der Waals surface area contributed by atoms with Gasteiger partial charge in [0.05, 0.1) is 30.2 Å². The minimum Gasteiger partial charge on any atom is -0.507 e. The summed E-state index contributed by atoms with van der Waals surface area (Å²) in [4.78, 5) is 28.4. The van der Waals surface area contributed by atoms with E-state index in [0.29, 0.717) is 31.3 Å². The molecule has 218 valence electrons. The lowest BCUT2D eigenvalue weighted by Crippen LogP contribution is -2.39. The van der Waals surface area contributed by atoms with Crippen LogP contribution < -0.4 is 10.4 Å². The van der Waals surface area contributed by atoms with Crippen molar-refractivity contribution in [1.29, 1.82) is 0 Å². The number of allylic oxidation sites excluding steroid dienone is 2. The van der Waals surface area contributed by atoms with E-state index in [1.54, 1.807) is 24.3 Å². The van der Waals surface area contributed by atoms with E-state index in [1.807, 2.05) is 25.1 Å². The van der Waals surface area contributed by atoms with Gasteiger partial charge in [-0.15, -0.1) is 0 Å². The summed E-state index contributed by atoms with van der Waals surface area (Å²) in [6, 6.07) is 13.2. The van der Waals surface area contributed by atoms with Gasteiger partial charge in [0.2, 0.25) is 11.8 Å². The third kappa shape index (κ3) is 6.49. The Morgan fingerprint density at radius 1 is 1.05 bits per heavy atom. The second-order valence-electron chi connectivity index (χ2n) is 11.1. The molecule has 2 aliphatic rings. The summed E-state index contributed by atoms with van der Waals surface area (Å²) in [5.74, 6) is -2.80. The van der Waals surface area contributed by atoms with E-state index in [2.05, 4.69) is 6.92 Å². The van der Waals surface area contributed by atoms with Gasteiger partial charge in [0.1, 0.15) is 5.75 Å². The van der Waals surface area contributed by atoms with Crippen LogP contribution in [0.1, 0.15) is 64.4 Å². The van der Waals surface area contributed by atoms with E-state index in [1.165, 1.54) is 12.1 Å². The zero-order valence-electron chi connectivity index (χ0n) is 23.7. The minimum atomic E-state index is -1.74. The molecule has 1 aliphatic carbocycles. The van der Waals surface area contributed by atoms with Crippen molar-refractivity contribution in [1.82, 2.24) is 0 Å². The molecule has 1 aliphatic heterocycles. The number of phenols is 1. The summed E-state index contributed by atoms with van der Waals surface area (Å²) in [5.41, 5.74) is 3.81. The number of aromatic hydroxyl groups is 1. The van der Waals surface area contributed by atoms with Crippen LogP contribution in [-0.2, 0) is 9.59 Å². The Balaban J connectivity index is 1.62. The molecule has 4 atom stereocenters. The summed E-state index contributed by atoms with van der Waals surface area (Å²) < 4.78 is 0. The monoisotopic (exact) mass is 561 g/mol.